The van der Waals surface area contributed by atoms with Crippen molar-refractivity contribution in [3.05, 3.63) is 0 Å². The molecule has 0 aliphatic rings. The molecular formula is C13H30N2. The van der Waals surface area contributed by atoms with Crippen molar-refractivity contribution in [1.29, 1.82) is 0 Å². The van der Waals surface area contributed by atoms with Crippen LogP contribution in [0.5, 0.6) is 0 Å². The highest BCUT2D eigenvalue weighted by Gasteiger charge is 2.11. The van der Waals surface area contributed by atoms with Gasteiger partial charge in [0.05, 0.1) is 0 Å². The molecule has 0 amide bonds. The van der Waals surface area contributed by atoms with E-state index < -0.39 is 0 Å². The second-order valence-electron chi connectivity index (χ2n) is 5.68. The third-order valence-electron chi connectivity index (χ3n) is 2.80. The average Bonchev–Trinajstić information content (AvgIpc) is 2.13. The topological polar surface area (TPSA) is 29.3 Å². The smallest absolute Gasteiger partial charge is 0.00188 e. The first-order chi connectivity index (χ1) is 6.95. The number of rotatable bonds is 8. The lowest BCUT2D eigenvalue weighted by atomic mass is 9.96. The van der Waals surface area contributed by atoms with Gasteiger partial charge in [-0.05, 0) is 50.7 Å². The molecule has 1 unspecified atom stereocenters. The van der Waals surface area contributed by atoms with Crippen molar-refractivity contribution < 1.29 is 0 Å². The Morgan fingerprint density at radius 1 is 1.07 bits per heavy atom. The fourth-order valence-corrected chi connectivity index (χ4v) is 1.92. The summed E-state index contributed by atoms with van der Waals surface area (Å²) in [6.07, 6.45) is 2.54. The van der Waals surface area contributed by atoms with Crippen LogP contribution in [0.25, 0.3) is 0 Å². The second-order valence-corrected chi connectivity index (χ2v) is 5.68. The summed E-state index contributed by atoms with van der Waals surface area (Å²) in [6, 6.07) is 0. The van der Waals surface area contributed by atoms with Gasteiger partial charge >= 0.3 is 0 Å². The third kappa shape index (κ3) is 8.88. The van der Waals surface area contributed by atoms with Gasteiger partial charge in [-0.1, -0.05) is 27.7 Å². The van der Waals surface area contributed by atoms with Crippen molar-refractivity contribution in [2.75, 3.05) is 26.7 Å². The molecule has 15 heavy (non-hydrogen) atoms. The fraction of sp³-hybridized carbons (Fsp3) is 1.00. The Hall–Kier alpha value is -0.0800. The minimum atomic E-state index is 0.669. The van der Waals surface area contributed by atoms with E-state index >= 15 is 0 Å². The number of nitrogens with zero attached hydrogens (tertiary/aromatic N) is 1. The van der Waals surface area contributed by atoms with Gasteiger partial charge in [-0.3, -0.25) is 0 Å². The van der Waals surface area contributed by atoms with Gasteiger partial charge in [0, 0.05) is 6.54 Å². The Morgan fingerprint density at radius 3 is 2.07 bits per heavy atom. The van der Waals surface area contributed by atoms with Crippen LogP contribution in [0.4, 0.5) is 0 Å². The summed E-state index contributed by atoms with van der Waals surface area (Å²) in [7, 11) is 2.21. The molecule has 0 bridgehead atoms. The Kier molecular flexibility index (Phi) is 8.07. The molecule has 2 N–H and O–H groups in total. The van der Waals surface area contributed by atoms with Crippen molar-refractivity contribution >= 4 is 0 Å². The molecule has 0 saturated carbocycles. The molecule has 1 atom stereocenters. The van der Waals surface area contributed by atoms with E-state index in [4.69, 9.17) is 5.73 Å². The SMILES string of the molecule is CC(C)CCN(C)CC(CN)CC(C)C. The lowest BCUT2D eigenvalue weighted by Gasteiger charge is -2.24. The van der Waals surface area contributed by atoms with Gasteiger partial charge < -0.3 is 10.6 Å². The maximum Gasteiger partial charge on any atom is 0.00188 e. The first kappa shape index (κ1) is 14.9. The molecule has 0 aromatic heterocycles. The molecule has 0 aliphatic heterocycles. The van der Waals surface area contributed by atoms with E-state index in [1.165, 1.54) is 19.4 Å². The minimum absolute atomic E-state index is 0.669. The Balaban J connectivity index is 3.74. The molecule has 0 saturated heterocycles. The lowest BCUT2D eigenvalue weighted by molar-refractivity contribution is 0.245. The molecule has 0 aromatic carbocycles. The normalized spacial score (nSPS) is 14.2. The molecule has 92 valence electrons. The van der Waals surface area contributed by atoms with E-state index in [1.807, 2.05) is 0 Å². The molecule has 0 radical (unpaired) electrons. The summed E-state index contributed by atoms with van der Waals surface area (Å²) in [5.74, 6) is 2.23. The van der Waals surface area contributed by atoms with E-state index in [9.17, 15) is 0 Å². The highest BCUT2D eigenvalue weighted by molar-refractivity contribution is 4.66. The highest BCUT2D eigenvalue weighted by atomic mass is 15.1. The predicted molar refractivity (Wildman–Crippen MR) is 69.0 cm³/mol. The monoisotopic (exact) mass is 214 g/mol. The van der Waals surface area contributed by atoms with Crippen molar-refractivity contribution in [3.8, 4) is 0 Å². The molecule has 2 heteroatoms. The lowest BCUT2D eigenvalue weighted by Crippen LogP contribution is -2.32. The molecule has 0 spiro atoms. The van der Waals surface area contributed by atoms with Gasteiger partial charge in [0.25, 0.3) is 0 Å². The molecule has 0 rings (SSSR count). The van der Waals surface area contributed by atoms with E-state index in [2.05, 4.69) is 39.6 Å². The van der Waals surface area contributed by atoms with Crippen LogP contribution in [-0.4, -0.2) is 31.6 Å². The number of nitrogens with two attached hydrogens (primary N) is 1. The summed E-state index contributed by atoms with van der Waals surface area (Å²) in [5.41, 5.74) is 5.80. The first-order valence-corrected chi connectivity index (χ1v) is 6.34. The third-order valence-corrected chi connectivity index (χ3v) is 2.80. The zero-order chi connectivity index (χ0) is 11.8. The molecule has 0 heterocycles. The Bertz CT molecular complexity index is 143. The molecule has 2 nitrogen and oxygen atoms in total. The summed E-state index contributed by atoms with van der Waals surface area (Å²) in [6.45, 7) is 12.3. The van der Waals surface area contributed by atoms with Crippen LogP contribution in [0.15, 0.2) is 0 Å². The van der Waals surface area contributed by atoms with Gasteiger partial charge in [-0.15, -0.1) is 0 Å². The molecular weight excluding hydrogens is 184 g/mol. The van der Waals surface area contributed by atoms with Crippen LogP contribution in [0.3, 0.4) is 0 Å². The second kappa shape index (κ2) is 8.12. The van der Waals surface area contributed by atoms with E-state index in [1.54, 1.807) is 0 Å². The van der Waals surface area contributed by atoms with Gasteiger partial charge in [-0.25, -0.2) is 0 Å². The summed E-state index contributed by atoms with van der Waals surface area (Å²) in [4.78, 5) is 2.43. The maximum absolute atomic E-state index is 5.80. The minimum Gasteiger partial charge on any atom is -0.330 e. The quantitative estimate of drug-likeness (QED) is 0.673. The zero-order valence-electron chi connectivity index (χ0n) is 11.3. The van der Waals surface area contributed by atoms with E-state index in [-0.39, 0.29) is 0 Å². The van der Waals surface area contributed by atoms with Crippen LogP contribution in [0.2, 0.25) is 0 Å². The molecule has 0 fully saturated rings. The first-order valence-electron chi connectivity index (χ1n) is 6.34. The number of hydrogen-bond acceptors (Lipinski definition) is 2. The molecule has 0 aromatic rings. The van der Waals surface area contributed by atoms with Crippen LogP contribution in [0, 0.1) is 17.8 Å². The fourth-order valence-electron chi connectivity index (χ4n) is 1.92. The highest BCUT2D eigenvalue weighted by Crippen LogP contribution is 2.12. The van der Waals surface area contributed by atoms with Crippen LogP contribution in [-0.2, 0) is 0 Å². The van der Waals surface area contributed by atoms with Crippen molar-refractivity contribution in [3.63, 3.8) is 0 Å². The summed E-state index contributed by atoms with van der Waals surface area (Å²) in [5, 5.41) is 0. The molecule has 0 aliphatic carbocycles. The Morgan fingerprint density at radius 2 is 1.67 bits per heavy atom. The van der Waals surface area contributed by atoms with E-state index in [0.717, 1.165) is 24.9 Å². The van der Waals surface area contributed by atoms with Gasteiger partial charge in [0.2, 0.25) is 0 Å². The van der Waals surface area contributed by atoms with Crippen molar-refractivity contribution in [2.24, 2.45) is 23.5 Å². The van der Waals surface area contributed by atoms with Crippen molar-refractivity contribution in [2.45, 2.75) is 40.5 Å². The predicted octanol–water partition coefficient (Wildman–Crippen LogP) is 2.59. The number of hydrogen-bond donors (Lipinski definition) is 1. The summed E-state index contributed by atoms with van der Waals surface area (Å²) < 4.78 is 0. The maximum atomic E-state index is 5.80. The Labute approximate surface area is 96.2 Å². The van der Waals surface area contributed by atoms with Crippen molar-refractivity contribution in [1.82, 2.24) is 4.90 Å². The van der Waals surface area contributed by atoms with Gasteiger partial charge in [-0.2, -0.15) is 0 Å². The largest absolute Gasteiger partial charge is 0.330 e. The van der Waals surface area contributed by atoms with Crippen LogP contribution < -0.4 is 5.73 Å². The summed E-state index contributed by atoms with van der Waals surface area (Å²) >= 11 is 0. The standard InChI is InChI=1S/C13H30N2/c1-11(2)6-7-15(5)10-13(9-14)8-12(3)4/h11-13H,6-10,14H2,1-5H3. The zero-order valence-corrected chi connectivity index (χ0v) is 11.3. The van der Waals surface area contributed by atoms with Crippen LogP contribution in [0.1, 0.15) is 40.5 Å². The van der Waals surface area contributed by atoms with Gasteiger partial charge in [0.1, 0.15) is 0 Å². The average molecular weight is 214 g/mol. The van der Waals surface area contributed by atoms with Crippen LogP contribution >= 0.6 is 0 Å². The van der Waals surface area contributed by atoms with Gasteiger partial charge in [0.15, 0.2) is 0 Å². The van der Waals surface area contributed by atoms with E-state index in [0.29, 0.717) is 5.92 Å².